The number of anilines is 1. The van der Waals surface area contributed by atoms with E-state index in [-0.39, 0.29) is 30.1 Å². The third-order valence-electron chi connectivity index (χ3n) is 6.46. The number of halogens is 3. The Morgan fingerprint density at radius 3 is 2.44 bits per heavy atom. The highest BCUT2D eigenvalue weighted by molar-refractivity contribution is 7.16. The van der Waals surface area contributed by atoms with Gasteiger partial charge >= 0.3 is 6.18 Å². The topological polar surface area (TPSA) is 71.0 Å². The van der Waals surface area contributed by atoms with Crippen LogP contribution >= 0.6 is 11.3 Å². The molecule has 4 rings (SSSR count). The van der Waals surface area contributed by atoms with Gasteiger partial charge in [-0.1, -0.05) is 45.0 Å². The van der Waals surface area contributed by atoms with Crippen molar-refractivity contribution in [2.24, 2.45) is 0 Å². The molecule has 11 heteroatoms. The van der Waals surface area contributed by atoms with Gasteiger partial charge in [-0.15, -0.1) is 11.3 Å². The van der Waals surface area contributed by atoms with Gasteiger partial charge in [0.2, 0.25) is 5.88 Å². The average Bonchev–Trinajstić information content (AvgIpc) is 3.32. The summed E-state index contributed by atoms with van der Waals surface area (Å²) >= 11 is 1.08. The Kier molecular flexibility index (Phi) is 9.47. The van der Waals surface area contributed by atoms with Crippen LogP contribution in [0, 0.1) is 0 Å². The van der Waals surface area contributed by atoms with Gasteiger partial charge in [0, 0.05) is 56.5 Å². The van der Waals surface area contributed by atoms with E-state index < -0.39 is 11.9 Å². The van der Waals surface area contributed by atoms with Crippen molar-refractivity contribution in [1.82, 2.24) is 14.9 Å². The summed E-state index contributed by atoms with van der Waals surface area (Å²) in [5, 5.41) is 9.33. The zero-order valence-corrected chi connectivity index (χ0v) is 23.3. The first-order chi connectivity index (χ1) is 18.6. The van der Waals surface area contributed by atoms with Crippen LogP contribution < -0.4 is 9.64 Å². The highest BCUT2D eigenvalue weighted by Gasteiger charge is 2.40. The van der Waals surface area contributed by atoms with E-state index in [0.29, 0.717) is 61.5 Å². The lowest BCUT2D eigenvalue weighted by Crippen LogP contribution is -2.47. The molecule has 1 aliphatic heterocycles. The average molecular weight is 565 g/mol. The second kappa shape index (κ2) is 12.6. The predicted octanol–water partition coefficient (Wildman–Crippen LogP) is 5.37. The van der Waals surface area contributed by atoms with E-state index >= 15 is 0 Å². The molecular formula is C28H35F3N4O3S. The van der Waals surface area contributed by atoms with Crippen molar-refractivity contribution >= 4 is 16.3 Å². The molecule has 0 aliphatic carbocycles. The number of hydrogen-bond donors (Lipinski definition) is 1. The van der Waals surface area contributed by atoms with Crippen LogP contribution in [0.3, 0.4) is 0 Å². The molecule has 0 unspecified atom stereocenters. The molecule has 7 nitrogen and oxygen atoms in total. The zero-order chi connectivity index (χ0) is 28.0. The number of alkyl halides is 3. The standard InChI is InChI=1S/C28H35F3N4O3S/c1-27(2,3)21-8-4-5-9-22(21)38-25-20(7-6-10-32-25)19-23-33-24(28(29,30)31)26(39-23)35-13-11-34(12-14-35)15-17-37-18-16-36/h4-10,36H,11-19H2,1-3H3. The van der Waals surface area contributed by atoms with Gasteiger partial charge in [0.15, 0.2) is 5.69 Å². The third kappa shape index (κ3) is 7.69. The van der Waals surface area contributed by atoms with E-state index in [9.17, 15) is 13.2 Å². The molecule has 0 radical (unpaired) electrons. The molecule has 0 bridgehead atoms. The minimum atomic E-state index is -4.56. The lowest BCUT2D eigenvalue weighted by atomic mass is 9.86. The van der Waals surface area contributed by atoms with E-state index in [1.807, 2.05) is 30.3 Å². The van der Waals surface area contributed by atoms with Crippen molar-refractivity contribution < 1.29 is 27.8 Å². The number of nitrogens with zero attached hydrogens (tertiary/aromatic N) is 4. The first-order valence-corrected chi connectivity index (χ1v) is 13.8. The summed E-state index contributed by atoms with van der Waals surface area (Å²) in [5.74, 6) is 1.02. The molecular weight excluding hydrogens is 529 g/mol. The van der Waals surface area contributed by atoms with Crippen LogP contribution in [-0.2, 0) is 22.7 Å². The monoisotopic (exact) mass is 564 g/mol. The molecule has 1 aliphatic rings. The number of ether oxygens (including phenoxy) is 2. The summed E-state index contributed by atoms with van der Waals surface area (Å²) in [6.45, 7) is 9.88. The number of benzene rings is 1. The fourth-order valence-electron chi connectivity index (χ4n) is 4.46. The van der Waals surface area contributed by atoms with Crippen LogP contribution in [0.2, 0.25) is 0 Å². The van der Waals surface area contributed by atoms with E-state index in [4.69, 9.17) is 14.6 Å². The summed E-state index contributed by atoms with van der Waals surface area (Å²) in [4.78, 5) is 12.4. The molecule has 212 valence electrons. The molecule has 3 aromatic rings. The molecule has 1 fully saturated rings. The molecule has 1 saturated heterocycles. The van der Waals surface area contributed by atoms with Gasteiger partial charge in [-0.25, -0.2) is 9.97 Å². The van der Waals surface area contributed by atoms with Crippen LogP contribution in [0.25, 0.3) is 0 Å². The minimum absolute atomic E-state index is 0.0292. The first kappa shape index (κ1) is 29.3. The summed E-state index contributed by atoms with van der Waals surface area (Å²) in [6, 6.07) is 11.3. The number of pyridine rings is 1. The van der Waals surface area contributed by atoms with Gasteiger partial charge in [0.1, 0.15) is 10.8 Å². The quantitative estimate of drug-likeness (QED) is 0.332. The van der Waals surface area contributed by atoms with Crippen molar-refractivity contribution in [3.05, 3.63) is 64.4 Å². The van der Waals surface area contributed by atoms with Crippen molar-refractivity contribution in [3.8, 4) is 11.6 Å². The number of aromatic nitrogens is 2. The molecule has 2 aromatic heterocycles. The number of para-hydroxylation sites is 1. The molecule has 1 N–H and O–H groups in total. The lowest BCUT2D eigenvalue weighted by molar-refractivity contribution is -0.140. The first-order valence-electron chi connectivity index (χ1n) is 13.0. The molecule has 0 amide bonds. The van der Waals surface area contributed by atoms with E-state index in [1.165, 1.54) is 0 Å². The van der Waals surface area contributed by atoms with Crippen LogP contribution in [0.5, 0.6) is 11.6 Å². The number of rotatable bonds is 10. The van der Waals surface area contributed by atoms with E-state index in [0.717, 1.165) is 16.9 Å². The molecule has 0 saturated carbocycles. The SMILES string of the molecule is CC(C)(C)c1ccccc1Oc1ncccc1Cc1nc(C(F)(F)F)c(N2CCN(CCOCCO)CC2)s1. The Labute approximate surface area is 231 Å². The maximum atomic E-state index is 14.0. The number of aliphatic hydroxyl groups excluding tert-OH is 1. The summed E-state index contributed by atoms with van der Waals surface area (Å²) in [5.41, 5.74) is 0.680. The highest BCUT2D eigenvalue weighted by Crippen LogP contribution is 2.41. The molecule has 3 heterocycles. The Hall–Kier alpha value is -2.73. The second-order valence-electron chi connectivity index (χ2n) is 10.4. The van der Waals surface area contributed by atoms with Crippen LogP contribution in [-0.4, -0.2) is 72.5 Å². The van der Waals surface area contributed by atoms with Gasteiger partial charge in [-0.3, -0.25) is 4.90 Å². The van der Waals surface area contributed by atoms with Gasteiger partial charge in [0.05, 0.1) is 24.8 Å². The van der Waals surface area contributed by atoms with Crippen molar-refractivity contribution in [3.63, 3.8) is 0 Å². The number of aliphatic hydroxyl groups is 1. The van der Waals surface area contributed by atoms with Gasteiger partial charge in [0.25, 0.3) is 0 Å². The lowest BCUT2D eigenvalue weighted by Gasteiger charge is -2.35. The van der Waals surface area contributed by atoms with Gasteiger partial charge in [-0.05, 0) is 17.5 Å². The Morgan fingerprint density at radius 2 is 1.74 bits per heavy atom. The maximum Gasteiger partial charge on any atom is 0.436 e. The van der Waals surface area contributed by atoms with E-state index in [1.54, 1.807) is 17.2 Å². The number of hydrogen-bond acceptors (Lipinski definition) is 8. The van der Waals surface area contributed by atoms with Crippen molar-refractivity contribution in [2.75, 3.05) is 57.4 Å². The van der Waals surface area contributed by atoms with Gasteiger partial charge < -0.3 is 19.5 Å². The highest BCUT2D eigenvalue weighted by atomic mass is 32.1. The Morgan fingerprint density at radius 1 is 1.00 bits per heavy atom. The summed E-state index contributed by atoms with van der Waals surface area (Å²) < 4.78 is 53.6. The molecule has 1 aromatic carbocycles. The fraction of sp³-hybridized carbons (Fsp3) is 0.500. The maximum absolute atomic E-state index is 14.0. The van der Waals surface area contributed by atoms with Crippen molar-refractivity contribution in [1.29, 1.82) is 0 Å². The zero-order valence-electron chi connectivity index (χ0n) is 22.5. The van der Waals surface area contributed by atoms with Crippen molar-refractivity contribution in [2.45, 2.75) is 38.8 Å². The Balaban J connectivity index is 1.52. The minimum Gasteiger partial charge on any atom is -0.438 e. The summed E-state index contributed by atoms with van der Waals surface area (Å²) in [6.07, 6.45) is -2.77. The third-order valence-corrected chi connectivity index (χ3v) is 7.58. The molecule has 0 spiro atoms. The summed E-state index contributed by atoms with van der Waals surface area (Å²) in [7, 11) is 0. The van der Waals surface area contributed by atoms with Crippen LogP contribution in [0.1, 0.15) is 42.6 Å². The molecule has 39 heavy (non-hydrogen) atoms. The predicted molar refractivity (Wildman–Crippen MR) is 146 cm³/mol. The number of thiazole rings is 1. The van der Waals surface area contributed by atoms with E-state index in [2.05, 4.69) is 35.6 Å². The van der Waals surface area contributed by atoms with Crippen LogP contribution in [0.4, 0.5) is 18.2 Å². The second-order valence-corrected chi connectivity index (χ2v) is 11.5. The molecule has 0 atom stereocenters. The fourth-order valence-corrected chi connectivity index (χ4v) is 5.62. The largest absolute Gasteiger partial charge is 0.438 e. The smallest absolute Gasteiger partial charge is 0.436 e. The van der Waals surface area contributed by atoms with Crippen LogP contribution in [0.15, 0.2) is 42.6 Å². The number of piperazine rings is 1. The van der Waals surface area contributed by atoms with Gasteiger partial charge in [-0.2, -0.15) is 13.2 Å². The normalized spacial score (nSPS) is 15.1. The Bertz CT molecular complexity index is 1220.